The molecular weight excluding hydrogens is 512 g/mol. The summed E-state index contributed by atoms with van der Waals surface area (Å²) in [7, 11) is 1.83. The van der Waals surface area contributed by atoms with E-state index in [0.29, 0.717) is 55.1 Å². The molecule has 0 radical (unpaired) electrons. The molecule has 0 bridgehead atoms. The topological polar surface area (TPSA) is 158 Å². The zero-order valence-electron chi connectivity index (χ0n) is 22.5. The van der Waals surface area contributed by atoms with Crippen LogP contribution in [0.25, 0.3) is 28.0 Å². The normalized spacial score (nSPS) is 14.4. The van der Waals surface area contributed by atoms with Gasteiger partial charge in [-0.15, -0.1) is 0 Å². The van der Waals surface area contributed by atoms with E-state index in [1.807, 2.05) is 39.2 Å². The Balaban J connectivity index is 1.35. The Labute approximate surface area is 230 Å². The van der Waals surface area contributed by atoms with Crippen molar-refractivity contribution in [3.63, 3.8) is 0 Å². The minimum Gasteiger partial charge on any atom is -0.465 e. The monoisotopic (exact) mass is 542 g/mol. The van der Waals surface area contributed by atoms with Crippen molar-refractivity contribution in [1.29, 1.82) is 5.26 Å². The lowest BCUT2D eigenvalue weighted by Gasteiger charge is -2.37. The number of pyridine rings is 1. The third-order valence-electron chi connectivity index (χ3n) is 6.86. The SMILES string of the molecule is CC(C)CC(NC(=O)O)C(=O)N1CCN(c2ccc(-c3nc(-c4cnn(C)c4)cn4ncc(C#N)c34)cn2)CC1. The van der Waals surface area contributed by atoms with Gasteiger partial charge in [-0.1, -0.05) is 13.8 Å². The first kappa shape index (κ1) is 26.6. The molecule has 1 unspecified atom stereocenters. The second-order valence-electron chi connectivity index (χ2n) is 10.2. The van der Waals surface area contributed by atoms with E-state index in [1.54, 1.807) is 32.7 Å². The summed E-state index contributed by atoms with van der Waals surface area (Å²) in [6.07, 6.45) is 7.86. The fourth-order valence-electron chi connectivity index (χ4n) is 4.92. The molecule has 0 aliphatic carbocycles. The van der Waals surface area contributed by atoms with Crippen LogP contribution in [0.1, 0.15) is 25.8 Å². The van der Waals surface area contributed by atoms with Crippen LogP contribution in [-0.4, -0.2) is 83.6 Å². The number of nitrogens with one attached hydrogen (secondary N) is 1. The van der Waals surface area contributed by atoms with Gasteiger partial charge in [0.15, 0.2) is 0 Å². The van der Waals surface area contributed by atoms with Gasteiger partial charge in [0, 0.05) is 56.7 Å². The van der Waals surface area contributed by atoms with E-state index in [9.17, 15) is 14.9 Å². The van der Waals surface area contributed by atoms with Crippen LogP contribution in [0.5, 0.6) is 0 Å². The largest absolute Gasteiger partial charge is 0.465 e. The van der Waals surface area contributed by atoms with E-state index < -0.39 is 12.1 Å². The fraction of sp³-hybridized carbons (Fsp3) is 0.370. The number of fused-ring (bicyclic) bond motifs is 1. The van der Waals surface area contributed by atoms with Crippen LogP contribution in [0, 0.1) is 17.2 Å². The summed E-state index contributed by atoms with van der Waals surface area (Å²) in [4.78, 5) is 37.5. The summed E-state index contributed by atoms with van der Waals surface area (Å²) in [5.74, 6) is 0.737. The van der Waals surface area contributed by atoms with Gasteiger partial charge in [-0.2, -0.15) is 15.5 Å². The minimum absolute atomic E-state index is 0.178. The lowest BCUT2D eigenvalue weighted by Crippen LogP contribution is -2.55. The summed E-state index contributed by atoms with van der Waals surface area (Å²) < 4.78 is 3.35. The van der Waals surface area contributed by atoms with Gasteiger partial charge in [-0.05, 0) is 24.5 Å². The highest BCUT2D eigenvalue weighted by Gasteiger charge is 2.29. The first-order valence-corrected chi connectivity index (χ1v) is 13.0. The lowest BCUT2D eigenvalue weighted by atomic mass is 10.0. The van der Waals surface area contributed by atoms with Crippen LogP contribution in [0.2, 0.25) is 0 Å². The number of hydrogen-bond donors (Lipinski definition) is 2. The number of carbonyl (C=O) groups is 2. The molecule has 4 aromatic heterocycles. The average molecular weight is 543 g/mol. The van der Waals surface area contributed by atoms with Crippen LogP contribution in [0.3, 0.4) is 0 Å². The summed E-state index contributed by atoms with van der Waals surface area (Å²) in [6, 6.07) is 5.25. The number of piperazine rings is 1. The molecule has 13 heteroatoms. The Bertz CT molecular complexity index is 1580. The first-order chi connectivity index (χ1) is 19.2. The van der Waals surface area contributed by atoms with Crippen molar-refractivity contribution >= 4 is 23.3 Å². The summed E-state index contributed by atoms with van der Waals surface area (Å²) in [5.41, 5.74) is 3.83. The van der Waals surface area contributed by atoms with E-state index in [4.69, 9.17) is 10.1 Å². The quantitative estimate of drug-likeness (QED) is 0.358. The van der Waals surface area contributed by atoms with E-state index in [-0.39, 0.29) is 11.8 Å². The molecule has 1 fully saturated rings. The Morgan fingerprint density at radius 2 is 1.85 bits per heavy atom. The smallest absolute Gasteiger partial charge is 0.405 e. The molecular formula is C27H30N10O3. The predicted molar refractivity (Wildman–Crippen MR) is 146 cm³/mol. The molecule has 13 nitrogen and oxygen atoms in total. The number of aryl methyl sites for hydroxylation is 1. The molecule has 0 spiro atoms. The maximum Gasteiger partial charge on any atom is 0.405 e. The lowest BCUT2D eigenvalue weighted by molar-refractivity contribution is -0.134. The molecule has 5 rings (SSSR count). The Kier molecular flexibility index (Phi) is 7.33. The molecule has 206 valence electrons. The van der Waals surface area contributed by atoms with Crippen molar-refractivity contribution in [3.05, 3.63) is 48.7 Å². The number of rotatable bonds is 7. The molecule has 0 aromatic carbocycles. The van der Waals surface area contributed by atoms with Gasteiger partial charge in [-0.25, -0.2) is 19.3 Å². The predicted octanol–water partition coefficient (Wildman–Crippen LogP) is 2.39. The van der Waals surface area contributed by atoms with Crippen LogP contribution in [0.15, 0.2) is 43.1 Å². The third kappa shape index (κ3) is 5.42. The number of carbonyl (C=O) groups excluding carboxylic acids is 1. The van der Waals surface area contributed by atoms with Crippen LogP contribution in [-0.2, 0) is 11.8 Å². The Morgan fingerprint density at radius 1 is 1.07 bits per heavy atom. The minimum atomic E-state index is -1.20. The van der Waals surface area contributed by atoms with Gasteiger partial charge >= 0.3 is 6.09 Å². The number of anilines is 1. The number of amides is 2. The maximum atomic E-state index is 13.0. The van der Waals surface area contributed by atoms with Crippen molar-refractivity contribution in [2.45, 2.75) is 26.3 Å². The number of aromatic nitrogens is 6. The van der Waals surface area contributed by atoms with Crippen LogP contribution in [0.4, 0.5) is 10.6 Å². The van der Waals surface area contributed by atoms with Gasteiger partial charge in [0.25, 0.3) is 0 Å². The van der Waals surface area contributed by atoms with E-state index >= 15 is 0 Å². The number of nitrogens with zero attached hydrogens (tertiary/aromatic N) is 9. The van der Waals surface area contributed by atoms with Crippen LogP contribution < -0.4 is 10.2 Å². The molecule has 2 N–H and O–H groups in total. The molecule has 1 atom stereocenters. The maximum absolute atomic E-state index is 13.0. The molecule has 40 heavy (non-hydrogen) atoms. The number of carboxylic acid groups (broad SMARTS) is 1. The van der Waals surface area contributed by atoms with Gasteiger partial charge in [0.2, 0.25) is 5.91 Å². The number of hydrogen-bond acceptors (Lipinski definition) is 8. The van der Waals surface area contributed by atoms with Crippen molar-refractivity contribution in [2.24, 2.45) is 13.0 Å². The van der Waals surface area contributed by atoms with Gasteiger partial charge in [0.05, 0.1) is 30.0 Å². The second kappa shape index (κ2) is 11.0. The Hall–Kier alpha value is -4.99. The third-order valence-corrected chi connectivity index (χ3v) is 6.86. The van der Waals surface area contributed by atoms with Gasteiger partial charge < -0.3 is 20.2 Å². The highest BCUT2D eigenvalue weighted by atomic mass is 16.4. The van der Waals surface area contributed by atoms with Gasteiger partial charge in [0.1, 0.15) is 29.0 Å². The summed E-state index contributed by atoms with van der Waals surface area (Å²) >= 11 is 0. The molecule has 1 aliphatic rings. The highest BCUT2D eigenvalue weighted by molar-refractivity contribution is 5.86. The van der Waals surface area contributed by atoms with Gasteiger partial charge in [-0.3, -0.25) is 9.48 Å². The van der Waals surface area contributed by atoms with Crippen molar-refractivity contribution in [2.75, 3.05) is 31.1 Å². The second-order valence-corrected chi connectivity index (χ2v) is 10.2. The van der Waals surface area contributed by atoms with Crippen molar-refractivity contribution in [1.82, 2.24) is 39.6 Å². The molecule has 2 amide bonds. The molecule has 1 aliphatic heterocycles. The Morgan fingerprint density at radius 3 is 2.45 bits per heavy atom. The molecule has 1 saturated heterocycles. The molecule has 5 heterocycles. The highest BCUT2D eigenvalue weighted by Crippen LogP contribution is 2.29. The average Bonchev–Trinajstić information content (AvgIpc) is 3.57. The summed E-state index contributed by atoms with van der Waals surface area (Å²) in [5, 5.41) is 29.8. The van der Waals surface area contributed by atoms with Crippen molar-refractivity contribution < 1.29 is 14.7 Å². The van der Waals surface area contributed by atoms with E-state index in [1.165, 1.54) is 6.20 Å². The standard InChI is InChI=1S/C27H30N10O3/c1-17(2)10-21(33-27(39)40)26(38)36-8-6-35(7-9-36)23-5-4-18(12-29-23)24-25-19(11-28)13-31-37(25)16-22(32-24)20-14-30-34(3)15-20/h4-5,12-17,21,33H,6-10H2,1-3H3,(H,39,40). The zero-order valence-corrected chi connectivity index (χ0v) is 22.5. The van der Waals surface area contributed by atoms with Crippen LogP contribution >= 0.6 is 0 Å². The van der Waals surface area contributed by atoms with Crippen molar-refractivity contribution in [3.8, 4) is 28.6 Å². The number of nitriles is 1. The molecule has 0 saturated carbocycles. The zero-order chi connectivity index (χ0) is 28.4. The summed E-state index contributed by atoms with van der Waals surface area (Å²) in [6.45, 7) is 5.99. The van der Waals surface area contributed by atoms with E-state index in [2.05, 4.69) is 31.5 Å². The van der Waals surface area contributed by atoms with E-state index in [0.717, 1.165) is 16.9 Å². The molecule has 4 aromatic rings. The first-order valence-electron chi connectivity index (χ1n) is 13.0. The fourth-order valence-corrected chi connectivity index (χ4v) is 4.92.